The Hall–Kier alpha value is -1.93. The summed E-state index contributed by atoms with van der Waals surface area (Å²) in [6, 6.07) is 14.5. The van der Waals surface area contributed by atoms with Crippen LogP contribution < -0.4 is 0 Å². The van der Waals surface area contributed by atoms with Crippen molar-refractivity contribution in [3.05, 3.63) is 71.8 Å². The molecule has 31 heavy (non-hydrogen) atoms. The van der Waals surface area contributed by atoms with Crippen molar-refractivity contribution in [2.24, 2.45) is 0 Å². The zero-order chi connectivity index (χ0) is 23.7. The van der Waals surface area contributed by atoms with Crippen molar-refractivity contribution in [3.63, 3.8) is 0 Å². The molecule has 2 rings (SSSR count). The molecule has 0 radical (unpaired) electrons. The topological polar surface area (TPSA) is 43.4 Å². The molecule has 0 bridgehead atoms. The highest BCUT2D eigenvalue weighted by Gasteiger charge is 2.86. The molecule has 2 aromatic carbocycles. The van der Waals surface area contributed by atoms with E-state index in [9.17, 15) is 47.9 Å². The summed E-state index contributed by atoms with van der Waals surface area (Å²) in [6.45, 7) is 0. The molecule has 0 spiro atoms. The molecule has 0 saturated carbocycles. The first-order chi connectivity index (χ1) is 14.1. The van der Waals surface area contributed by atoms with E-state index in [0.717, 1.165) is 0 Å². The highest BCUT2D eigenvalue weighted by molar-refractivity contribution is 8.05. The van der Waals surface area contributed by atoms with Gasteiger partial charge in [-0.05, 0) is 11.1 Å². The van der Waals surface area contributed by atoms with Crippen molar-refractivity contribution in [1.82, 2.24) is 0 Å². The van der Waals surface area contributed by atoms with Gasteiger partial charge in [0, 0.05) is 12.0 Å². The van der Waals surface area contributed by atoms with Gasteiger partial charge in [-0.1, -0.05) is 60.7 Å². The summed E-state index contributed by atoms with van der Waals surface area (Å²) in [5, 5.41) is -8.14. The molecule has 0 N–H and O–H groups in total. The van der Waals surface area contributed by atoms with Crippen LogP contribution in [0.5, 0.6) is 0 Å². The van der Waals surface area contributed by atoms with E-state index in [0.29, 0.717) is 0 Å². The van der Waals surface area contributed by atoms with E-state index in [1.54, 1.807) is 12.1 Å². The SMILES string of the molecule is O=S(=O)(OSC(c1ccccc1)c1ccccc1)C(F)(F)C(F)(F)C(F)(F)C(F)(F)F. The highest BCUT2D eigenvalue weighted by atomic mass is 32.3. The van der Waals surface area contributed by atoms with Gasteiger partial charge in [-0.15, -0.1) is 0 Å². The van der Waals surface area contributed by atoms with Crippen molar-refractivity contribution >= 4 is 22.2 Å². The third-order valence-electron chi connectivity index (χ3n) is 3.86. The standard InChI is InChI=1S/C17H11F9O3S2/c18-14(19,16(22,23)24)15(20,21)17(25,26)31(27,28)29-30-13(11-7-3-1-4-8-11)12-9-5-2-6-10-12/h1-10,13H. The average molecular weight is 498 g/mol. The Kier molecular flexibility index (Phi) is 6.98. The maximum atomic E-state index is 13.8. The Balaban J connectivity index is 2.39. The van der Waals surface area contributed by atoms with E-state index >= 15 is 0 Å². The molecule has 0 aromatic heterocycles. The van der Waals surface area contributed by atoms with Gasteiger partial charge in [0.1, 0.15) is 0 Å². The summed E-state index contributed by atoms with van der Waals surface area (Å²) in [5.41, 5.74) is 0.481. The Morgan fingerprint density at radius 2 is 1.06 bits per heavy atom. The van der Waals surface area contributed by atoms with Gasteiger partial charge in [0.25, 0.3) is 0 Å². The lowest BCUT2D eigenvalue weighted by Gasteiger charge is -2.32. The summed E-state index contributed by atoms with van der Waals surface area (Å²) >= 11 is -0.332. The summed E-state index contributed by atoms with van der Waals surface area (Å²) in [6.07, 6.45) is -7.15. The summed E-state index contributed by atoms with van der Waals surface area (Å²) in [7, 11) is -6.97. The second kappa shape index (κ2) is 8.54. The number of rotatable bonds is 8. The van der Waals surface area contributed by atoms with E-state index in [4.69, 9.17) is 0 Å². The van der Waals surface area contributed by atoms with Crippen LogP contribution in [0, 0.1) is 0 Å². The van der Waals surface area contributed by atoms with E-state index < -0.39 is 38.6 Å². The van der Waals surface area contributed by atoms with E-state index in [1.165, 1.54) is 48.5 Å². The fourth-order valence-corrected chi connectivity index (χ4v) is 4.26. The molecule has 0 atom stereocenters. The summed E-state index contributed by atoms with van der Waals surface area (Å²) < 4.78 is 144. The predicted molar refractivity (Wildman–Crippen MR) is 93.2 cm³/mol. The molecule has 0 aliphatic rings. The van der Waals surface area contributed by atoms with E-state index in [-0.39, 0.29) is 23.2 Å². The van der Waals surface area contributed by atoms with Gasteiger partial charge in [-0.25, -0.2) is 0 Å². The molecule has 14 heteroatoms. The van der Waals surface area contributed by atoms with Gasteiger partial charge in [0.05, 0.1) is 5.25 Å². The molecule has 0 saturated heterocycles. The number of hydrogen-bond donors (Lipinski definition) is 0. The first-order valence-electron chi connectivity index (χ1n) is 7.96. The average Bonchev–Trinajstić information content (AvgIpc) is 2.68. The first kappa shape index (κ1) is 25.3. The van der Waals surface area contributed by atoms with Crippen LogP contribution in [0.25, 0.3) is 0 Å². The molecule has 0 heterocycles. The van der Waals surface area contributed by atoms with Crippen LogP contribution in [-0.2, 0) is 13.7 Å². The van der Waals surface area contributed by atoms with Crippen molar-refractivity contribution < 1.29 is 51.6 Å². The van der Waals surface area contributed by atoms with Crippen LogP contribution in [0.4, 0.5) is 39.5 Å². The van der Waals surface area contributed by atoms with Gasteiger partial charge >= 0.3 is 33.4 Å². The second-order valence-electron chi connectivity index (χ2n) is 5.98. The van der Waals surface area contributed by atoms with Crippen LogP contribution in [0.2, 0.25) is 0 Å². The minimum atomic E-state index is -7.36. The van der Waals surface area contributed by atoms with Crippen LogP contribution in [0.1, 0.15) is 16.4 Å². The fourth-order valence-electron chi connectivity index (χ4n) is 2.21. The fraction of sp³-hybridized carbons (Fsp3) is 0.294. The van der Waals surface area contributed by atoms with Crippen molar-refractivity contribution in [1.29, 1.82) is 0 Å². The Morgan fingerprint density at radius 3 is 1.42 bits per heavy atom. The number of benzene rings is 2. The molecule has 2 aromatic rings. The van der Waals surface area contributed by atoms with Crippen LogP contribution in [-0.4, -0.2) is 31.7 Å². The molecule has 172 valence electrons. The smallest absolute Gasteiger partial charge is 0.192 e. The predicted octanol–water partition coefficient (Wildman–Crippen LogP) is 6.20. The largest absolute Gasteiger partial charge is 0.460 e. The third kappa shape index (κ3) is 4.65. The van der Waals surface area contributed by atoms with Crippen molar-refractivity contribution in [2.45, 2.75) is 28.5 Å². The Labute approximate surface area is 174 Å². The van der Waals surface area contributed by atoms with Gasteiger partial charge in [0.15, 0.2) is 0 Å². The normalized spacial score (nSPS) is 14.1. The lowest BCUT2D eigenvalue weighted by atomic mass is 10.0. The van der Waals surface area contributed by atoms with Crippen LogP contribution in [0.15, 0.2) is 60.7 Å². The molecule has 0 aliphatic carbocycles. The molecular weight excluding hydrogens is 487 g/mol. The van der Waals surface area contributed by atoms with Gasteiger partial charge in [-0.3, -0.25) is 0 Å². The maximum Gasteiger partial charge on any atom is 0.460 e. The third-order valence-corrected chi connectivity index (χ3v) is 6.51. The zero-order valence-electron chi connectivity index (χ0n) is 14.8. The monoisotopic (exact) mass is 498 g/mol. The van der Waals surface area contributed by atoms with E-state index in [1.807, 2.05) is 0 Å². The van der Waals surface area contributed by atoms with Gasteiger partial charge in [0.2, 0.25) is 0 Å². The number of halogens is 9. The molecule has 0 fully saturated rings. The second-order valence-corrected chi connectivity index (χ2v) is 8.61. The number of hydrogen-bond acceptors (Lipinski definition) is 4. The lowest BCUT2D eigenvalue weighted by Crippen LogP contribution is -2.63. The molecule has 0 unspecified atom stereocenters. The van der Waals surface area contributed by atoms with Crippen molar-refractivity contribution in [3.8, 4) is 0 Å². The highest BCUT2D eigenvalue weighted by Crippen LogP contribution is 2.55. The molecule has 0 amide bonds. The quantitative estimate of drug-likeness (QED) is 0.321. The zero-order valence-corrected chi connectivity index (χ0v) is 16.4. The molecule has 3 nitrogen and oxygen atoms in total. The number of alkyl halides is 9. The molecular formula is C17H11F9O3S2. The summed E-state index contributed by atoms with van der Waals surface area (Å²) in [4.78, 5) is 0. The van der Waals surface area contributed by atoms with Crippen LogP contribution in [0.3, 0.4) is 0 Å². The minimum absolute atomic E-state index is 0.240. The Bertz CT molecular complexity index is 939. The van der Waals surface area contributed by atoms with Crippen molar-refractivity contribution in [2.75, 3.05) is 0 Å². The molecule has 0 aliphatic heterocycles. The lowest BCUT2D eigenvalue weighted by molar-refractivity contribution is -0.382. The summed E-state index contributed by atoms with van der Waals surface area (Å²) in [5.74, 6) is -14.7. The first-order valence-corrected chi connectivity index (χ1v) is 10.2. The van der Waals surface area contributed by atoms with Gasteiger partial charge in [-0.2, -0.15) is 51.6 Å². The maximum absolute atomic E-state index is 13.8. The Morgan fingerprint density at radius 1 is 0.677 bits per heavy atom. The van der Waals surface area contributed by atoms with Crippen LogP contribution >= 0.6 is 12.0 Å². The minimum Gasteiger partial charge on any atom is -0.192 e. The van der Waals surface area contributed by atoms with E-state index in [2.05, 4.69) is 3.63 Å². The van der Waals surface area contributed by atoms with Gasteiger partial charge < -0.3 is 0 Å².